The Hall–Kier alpha value is -5.65. The first kappa shape index (κ1) is 34.7. The Morgan fingerprint density at radius 1 is 1.02 bits per heavy atom. The number of sulfonamides is 1. The van der Waals surface area contributed by atoms with E-state index in [1.165, 1.54) is 17.1 Å². The largest absolute Gasteiger partial charge is 0.569 e. The molecule has 1 N–H and O–H groups in total. The van der Waals surface area contributed by atoms with Crippen molar-refractivity contribution >= 4 is 22.1 Å². The molecule has 14 nitrogen and oxygen atoms in total. The number of alkyl halides is 3. The summed E-state index contributed by atoms with van der Waals surface area (Å²) in [6, 6.07) is 20.6. The van der Waals surface area contributed by atoms with Crippen molar-refractivity contribution in [3.8, 4) is 16.9 Å². The number of aromatic nitrogens is 2. The van der Waals surface area contributed by atoms with Gasteiger partial charge in [0, 0.05) is 18.4 Å². The van der Waals surface area contributed by atoms with Gasteiger partial charge in [-0.3, -0.25) is 0 Å². The Kier molecular flexibility index (Phi) is 10.4. The zero-order chi connectivity index (χ0) is 35.2. The molecule has 0 unspecified atom stereocenters. The van der Waals surface area contributed by atoms with Crippen LogP contribution in [0.25, 0.3) is 16.9 Å². The van der Waals surface area contributed by atoms with Crippen LogP contribution < -0.4 is 4.72 Å². The molecule has 3 aromatic carbocycles. The minimum atomic E-state index is -4.71. The zero-order valence-electron chi connectivity index (χ0n) is 25.7. The Balaban J connectivity index is 1.13. The van der Waals surface area contributed by atoms with E-state index in [1.54, 1.807) is 54.6 Å². The summed E-state index contributed by atoms with van der Waals surface area (Å²) in [6.07, 6.45) is -6.37. The fourth-order valence-corrected chi connectivity index (χ4v) is 5.63. The minimum Gasteiger partial charge on any atom is -0.569 e. The van der Waals surface area contributed by atoms with Crippen LogP contribution in [0.1, 0.15) is 34.5 Å². The summed E-state index contributed by atoms with van der Waals surface area (Å²) >= 11 is 0. The maximum absolute atomic E-state index is 13.5. The molecule has 0 bridgehead atoms. The summed E-state index contributed by atoms with van der Waals surface area (Å²) in [4.78, 5) is 28.9. The quantitative estimate of drug-likeness (QED) is 0.0567. The van der Waals surface area contributed by atoms with Crippen molar-refractivity contribution in [2.75, 3.05) is 19.9 Å². The van der Waals surface area contributed by atoms with Crippen LogP contribution in [0, 0.1) is 12.1 Å². The summed E-state index contributed by atoms with van der Waals surface area (Å²) < 4.78 is 79.3. The Morgan fingerprint density at radius 2 is 1.67 bits per heavy atom. The first-order chi connectivity index (χ1) is 23.3. The topological polar surface area (TPSA) is 167 Å². The SMILES string of the molecule is Cc1ccc(-c2cc(C(F)(F)F)nn2-c2ccc(S(=O)(=O)NC(=O)OC3CCN(/[N+]([O-])=N\OCOC(=O)c4ccccc4)CC3)cc2)cc1. The molecule has 0 radical (unpaired) electrons. The van der Waals surface area contributed by atoms with Gasteiger partial charge in [-0.15, -0.1) is 5.01 Å². The van der Waals surface area contributed by atoms with Crippen LogP contribution in [-0.2, 0) is 30.5 Å². The van der Waals surface area contributed by atoms with E-state index in [0.29, 0.717) is 11.1 Å². The number of rotatable bonds is 10. The zero-order valence-corrected chi connectivity index (χ0v) is 26.6. The molecule has 1 fully saturated rings. The summed E-state index contributed by atoms with van der Waals surface area (Å²) in [6.45, 7) is 1.41. The van der Waals surface area contributed by atoms with Gasteiger partial charge in [-0.25, -0.2) is 27.4 Å². The molecule has 0 spiro atoms. The molecule has 18 heteroatoms. The second-order valence-electron chi connectivity index (χ2n) is 10.7. The van der Waals surface area contributed by atoms with Crippen LogP contribution in [0.15, 0.2) is 95.1 Å². The van der Waals surface area contributed by atoms with E-state index in [0.717, 1.165) is 28.4 Å². The molecule has 49 heavy (non-hydrogen) atoms. The van der Waals surface area contributed by atoms with Crippen LogP contribution in [0.3, 0.4) is 0 Å². The maximum Gasteiger partial charge on any atom is 0.435 e. The second-order valence-corrected chi connectivity index (χ2v) is 12.4. The van der Waals surface area contributed by atoms with E-state index in [9.17, 15) is 36.4 Å². The standard InChI is InChI=1S/C31H29F3N6O8S/c1-21-7-9-22(10-8-21)27-19-28(31(32,33)34)35-39(27)24-11-13-26(14-12-24)49(44,45)36-30(42)48-25-15-17-38(18-16-25)40(43)37-47-20-46-29(41)23-5-3-2-4-6-23/h2-14,19,25H,15-18,20H2,1H3,(H,36,42)/b40-37+. The Labute approximate surface area is 277 Å². The molecule has 0 saturated carbocycles. The lowest BCUT2D eigenvalue weighted by atomic mass is 10.1. The van der Waals surface area contributed by atoms with Gasteiger partial charge in [-0.05, 0) is 49.4 Å². The van der Waals surface area contributed by atoms with Crippen molar-refractivity contribution in [1.82, 2.24) is 19.5 Å². The van der Waals surface area contributed by atoms with Crippen LogP contribution >= 0.6 is 0 Å². The molecule has 1 aliphatic heterocycles. The number of halogens is 3. The van der Waals surface area contributed by atoms with Gasteiger partial charge >= 0.3 is 18.2 Å². The molecule has 2 heterocycles. The van der Waals surface area contributed by atoms with E-state index in [-0.39, 0.29) is 47.2 Å². The molecule has 1 amide bonds. The number of nitrogens with one attached hydrogen (secondary N) is 1. The van der Waals surface area contributed by atoms with Crippen LogP contribution in [-0.4, -0.2) is 66.2 Å². The third-order valence-corrected chi connectivity index (χ3v) is 8.60. The van der Waals surface area contributed by atoms with Crippen LogP contribution in [0.4, 0.5) is 18.0 Å². The number of hydrazine groups is 1. The van der Waals surface area contributed by atoms with E-state index in [2.05, 4.69) is 10.4 Å². The van der Waals surface area contributed by atoms with Crippen molar-refractivity contribution in [3.05, 3.63) is 107 Å². The number of carbonyl (C=O) groups is 2. The summed E-state index contributed by atoms with van der Waals surface area (Å²) in [5, 5.41) is 20.5. The van der Waals surface area contributed by atoms with Crippen molar-refractivity contribution < 1.29 is 50.5 Å². The number of ether oxygens (including phenoxy) is 2. The highest BCUT2D eigenvalue weighted by Crippen LogP contribution is 2.33. The van der Waals surface area contributed by atoms with Crippen LogP contribution in [0.2, 0.25) is 0 Å². The number of carbonyl (C=O) groups excluding carboxylic acids is 2. The Bertz CT molecular complexity index is 1910. The number of aryl methyl sites for hydroxylation is 1. The highest BCUT2D eigenvalue weighted by atomic mass is 32.2. The van der Waals surface area contributed by atoms with E-state index < -0.39 is 46.9 Å². The van der Waals surface area contributed by atoms with Crippen molar-refractivity contribution in [3.63, 3.8) is 0 Å². The average Bonchev–Trinajstić information content (AvgIpc) is 3.54. The maximum atomic E-state index is 13.5. The highest BCUT2D eigenvalue weighted by molar-refractivity contribution is 7.90. The molecule has 5 rings (SSSR count). The highest BCUT2D eigenvalue weighted by Gasteiger charge is 2.35. The van der Waals surface area contributed by atoms with Gasteiger partial charge in [0.15, 0.2) is 5.69 Å². The molecule has 0 atom stereocenters. The monoisotopic (exact) mass is 702 g/mol. The van der Waals surface area contributed by atoms with Gasteiger partial charge in [-0.2, -0.15) is 18.3 Å². The Morgan fingerprint density at radius 3 is 2.31 bits per heavy atom. The van der Waals surface area contributed by atoms with Crippen molar-refractivity contribution in [2.45, 2.75) is 36.9 Å². The molecule has 0 aliphatic carbocycles. The fourth-order valence-electron chi connectivity index (χ4n) is 4.75. The molecular weight excluding hydrogens is 673 g/mol. The third kappa shape index (κ3) is 8.83. The van der Waals surface area contributed by atoms with Gasteiger partial charge in [-0.1, -0.05) is 48.0 Å². The average molecular weight is 703 g/mol. The number of hydrogen-bond acceptors (Lipinski definition) is 10. The molecular formula is C31H29F3N6O8S. The molecule has 4 aromatic rings. The number of hydrogen-bond donors (Lipinski definition) is 1. The first-order valence-electron chi connectivity index (χ1n) is 14.7. The smallest absolute Gasteiger partial charge is 0.435 e. The third-order valence-electron chi connectivity index (χ3n) is 7.27. The first-order valence-corrected chi connectivity index (χ1v) is 16.1. The normalized spacial score (nSPS) is 14.3. The van der Waals surface area contributed by atoms with Crippen molar-refractivity contribution in [1.29, 1.82) is 0 Å². The number of esters is 1. The molecule has 1 aromatic heterocycles. The summed E-state index contributed by atoms with van der Waals surface area (Å²) in [5.41, 5.74) is 0.838. The summed E-state index contributed by atoms with van der Waals surface area (Å²) in [5.74, 6) is -0.659. The van der Waals surface area contributed by atoms with Gasteiger partial charge < -0.3 is 19.5 Å². The number of benzene rings is 3. The van der Waals surface area contributed by atoms with Crippen molar-refractivity contribution in [2.24, 2.45) is 5.28 Å². The number of nitrogens with zero attached hydrogens (tertiary/aromatic N) is 5. The lowest BCUT2D eigenvalue weighted by molar-refractivity contribution is -0.714. The van der Waals surface area contributed by atoms with E-state index in [4.69, 9.17) is 14.3 Å². The predicted octanol–water partition coefficient (Wildman–Crippen LogP) is 5.37. The molecule has 1 saturated heterocycles. The van der Waals surface area contributed by atoms with Crippen LogP contribution in [0.5, 0.6) is 0 Å². The summed E-state index contributed by atoms with van der Waals surface area (Å²) in [7, 11) is -4.43. The van der Waals surface area contributed by atoms with Gasteiger partial charge in [0.05, 0.1) is 39.9 Å². The van der Waals surface area contributed by atoms with Gasteiger partial charge in [0.2, 0.25) is 5.28 Å². The molecule has 258 valence electrons. The molecule has 1 aliphatic rings. The lowest BCUT2D eigenvalue weighted by Crippen LogP contribution is -2.43. The predicted molar refractivity (Wildman–Crippen MR) is 164 cm³/mol. The van der Waals surface area contributed by atoms with E-state index in [1.807, 2.05) is 11.6 Å². The number of piperidine rings is 1. The van der Waals surface area contributed by atoms with Gasteiger partial charge in [0.1, 0.15) is 6.10 Å². The fraction of sp³-hybridized carbons (Fsp3) is 0.258. The number of amides is 1. The second kappa shape index (κ2) is 14.6. The lowest BCUT2D eigenvalue weighted by Gasteiger charge is -2.27. The minimum absolute atomic E-state index is 0.0837. The van der Waals surface area contributed by atoms with Gasteiger partial charge in [0.25, 0.3) is 16.8 Å². The van der Waals surface area contributed by atoms with E-state index >= 15 is 0 Å².